The molecule has 138 valence electrons. The van der Waals surface area contributed by atoms with Gasteiger partial charge in [-0.15, -0.1) is 0 Å². The number of hydroxylamine groups is 1. The van der Waals surface area contributed by atoms with Crippen molar-refractivity contribution >= 4 is 25.8 Å². The minimum absolute atomic E-state index is 0.0212. The van der Waals surface area contributed by atoms with Gasteiger partial charge in [0.1, 0.15) is 0 Å². The first kappa shape index (κ1) is 20.6. The SMILES string of the molecule is CC(C)(CC#Cc1ccccc1)C(CS(=O)(=O)c1ccc(Br)cn1)NO. The molecule has 1 aromatic carbocycles. The zero-order chi connectivity index (χ0) is 19.2. The molecule has 0 saturated heterocycles. The van der Waals surface area contributed by atoms with Crippen LogP contribution in [0.5, 0.6) is 0 Å². The van der Waals surface area contributed by atoms with Crippen molar-refractivity contribution < 1.29 is 13.6 Å². The standard InChI is InChI=1S/C19H21BrN2O3S/c1-19(2,12-6-9-15-7-4-3-5-8-15)17(22-23)14-26(24,25)18-11-10-16(20)13-21-18/h3-5,7-8,10-11,13,17,22-23H,12,14H2,1-2H3. The minimum atomic E-state index is -3.65. The Morgan fingerprint density at radius 3 is 2.50 bits per heavy atom. The van der Waals surface area contributed by atoms with E-state index >= 15 is 0 Å². The first-order valence-corrected chi connectivity index (χ1v) is 10.5. The Morgan fingerprint density at radius 1 is 1.23 bits per heavy atom. The second-order valence-electron chi connectivity index (χ2n) is 6.61. The fraction of sp³-hybridized carbons (Fsp3) is 0.316. The van der Waals surface area contributed by atoms with Gasteiger partial charge in [0.2, 0.25) is 0 Å². The Labute approximate surface area is 162 Å². The van der Waals surface area contributed by atoms with E-state index in [2.05, 4.69) is 38.2 Å². The predicted octanol–water partition coefficient (Wildman–Crippen LogP) is 3.43. The van der Waals surface area contributed by atoms with E-state index in [9.17, 15) is 13.6 Å². The summed E-state index contributed by atoms with van der Waals surface area (Å²) >= 11 is 3.23. The average molecular weight is 437 g/mol. The number of aromatic nitrogens is 1. The van der Waals surface area contributed by atoms with E-state index in [0.29, 0.717) is 10.9 Å². The molecule has 1 heterocycles. The highest BCUT2D eigenvalue weighted by Gasteiger charge is 2.33. The van der Waals surface area contributed by atoms with Crippen LogP contribution >= 0.6 is 15.9 Å². The molecule has 0 aliphatic rings. The number of pyridine rings is 1. The van der Waals surface area contributed by atoms with Crippen LogP contribution in [0.2, 0.25) is 0 Å². The Kier molecular flexibility index (Phi) is 6.95. The summed E-state index contributed by atoms with van der Waals surface area (Å²) in [6.07, 6.45) is 1.86. The van der Waals surface area contributed by atoms with Crippen LogP contribution in [0.4, 0.5) is 0 Å². The fourth-order valence-corrected chi connectivity index (χ4v) is 4.17. The number of hydrogen-bond donors (Lipinski definition) is 2. The molecule has 2 N–H and O–H groups in total. The molecule has 0 saturated carbocycles. The second kappa shape index (κ2) is 8.78. The maximum Gasteiger partial charge on any atom is 0.197 e. The van der Waals surface area contributed by atoms with Gasteiger partial charge >= 0.3 is 0 Å². The van der Waals surface area contributed by atoms with Crippen molar-refractivity contribution in [3.8, 4) is 11.8 Å². The molecule has 2 rings (SSSR count). The molecule has 0 fully saturated rings. The molecular formula is C19H21BrN2O3S. The van der Waals surface area contributed by atoms with Gasteiger partial charge in [0.15, 0.2) is 14.9 Å². The van der Waals surface area contributed by atoms with Crippen molar-refractivity contribution in [3.05, 3.63) is 58.7 Å². The highest BCUT2D eigenvalue weighted by atomic mass is 79.9. The second-order valence-corrected chi connectivity index (χ2v) is 9.51. The van der Waals surface area contributed by atoms with Crippen molar-refractivity contribution in [2.75, 3.05) is 5.75 Å². The third kappa shape index (κ3) is 5.64. The summed E-state index contributed by atoms with van der Waals surface area (Å²) in [6.45, 7) is 3.73. The van der Waals surface area contributed by atoms with Gasteiger partial charge in [-0.2, -0.15) is 0 Å². The molecule has 0 bridgehead atoms. The Balaban J connectivity index is 2.13. The van der Waals surface area contributed by atoms with Gasteiger partial charge in [-0.1, -0.05) is 43.9 Å². The van der Waals surface area contributed by atoms with Crippen LogP contribution in [0.3, 0.4) is 0 Å². The lowest BCUT2D eigenvalue weighted by molar-refractivity contribution is 0.0772. The Morgan fingerprint density at radius 2 is 1.92 bits per heavy atom. The minimum Gasteiger partial charge on any atom is -0.316 e. The number of nitrogens with one attached hydrogen (secondary N) is 1. The summed E-state index contributed by atoms with van der Waals surface area (Å²) in [7, 11) is -3.65. The molecular weight excluding hydrogens is 416 g/mol. The van der Waals surface area contributed by atoms with Crippen LogP contribution in [0.1, 0.15) is 25.8 Å². The molecule has 1 atom stereocenters. The number of nitrogens with zero attached hydrogens (tertiary/aromatic N) is 1. The van der Waals surface area contributed by atoms with E-state index in [-0.39, 0.29) is 10.8 Å². The average Bonchev–Trinajstić information content (AvgIpc) is 2.60. The number of rotatable bonds is 6. The van der Waals surface area contributed by atoms with E-state index < -0.39 is 21.3 Å². The normalized spacial score (nSPS) is 12.9. The van der Waals surface area contributed by atoms with Crippen LogP contribution in [0, 0.1) is 17.3 Å². The third-order valence-corrected chi connectivity index (χ3v) is 6.17. The van der Waals surface area contributed by atoms with Gasteiger partial charge < -0.3 is 5.21 Å². The molecule has 1 unspecified atom stereocenters. The van der Waals surface area contributed by atoms with Crippen molar-refractivity contribution in [1.82, 2.24) is 10.5 Å². The van der Waals surface area contributed by atoms with Gasteiger partial charge in [-0.05, 0) is 45.6 Å². The highest BCUT2D eigenvalue weighted by molar-refractivity contribution is 9.10. The molecule has 5 nitrogen and oxygen atoms in total. The van der Waals surface area contributed by atoms with Gasteiger partial charge in [0.25, 0.3) is 0 Å². The fourth-order valence-electron chi connectivity index (χ4n) is 2.31. The van der Waals surface area contributed by atoms with Gasteiger partial charge in [-0.25, -0.2) is 18.9 Å². The largest absolute Gasteiger partial charge is 0.316 e. The van der Waals surface area contributed by atoms with Gasteiger partial charge in [0, 0.05) is 22.7 Å². The first-order valence-electron chi connectivity index (χ1n) is 8.02. The molecule has 0 aliphatic carbocycles. The first-order chi connectivity index (χ1) is 12.2. The van der Waals surface area contributed by atoms with Gasteiger partial charge in [0.05, 0.1) is 11.8 Å². The van der Waals surface area contributed by atoms with Crippen molar-refractivity contribution in [3.63, 3.8) is 0 Å². The zero-order valence-electron chi connectivity index (χ0n) is 14.6. The summed E-state index contributed by atoms with van der Waals surface area (Å²) in [5.41, 5.74) is 2.47. The number of sulfone groups is 1. The lowest BCUT2D eigenvalue weighted by Gasteiger charge is -2.31. The van der Waals surface area contributed by atoms with E-state index in [1.807, 2.05) is 44.2 Å². The van der Waals surface area contributed by atoms with E-state index in [1.54, 1.807) is 6.07 Å². The Bertz CT molecular complexity index is 886. The topological polar surface area (TPSA) is 79.3 Å². The Hall–Kier alpha value is -1.72. The molecule has 0 amide bonds. The lowest BCUT2D eigenvalue weighted by atomic mass is 9.82. The van der Waals surface area contributed by atoms with Crippen LogP contribution < -0.4 is 5.48 Å². The molecule has 0 spiro atoms. The molecule has 0 aliphatic heterocycles. The molecule has 26 heavy (non-hydrogen) atoms. The summed E-state index contributed by atoms with van der Waals surface area (Å²) in [6, 6.07) is 11.9. The molecule has 1 aromatic heterocycles. The van der Waals surface area contributed by atoms with E-state index in [0.717, 1.165) is 5.56 Å². The summed E-state index contributed by atoms with van der Waals surface area (Å²) < 4.78 is 25.9. The summed E-state index contributed by atoms with van der Waals surface area (Å²) in [5, 5.41) is 9.52. The quantitative estimate of drug-likeness (QED) is 0.535. The maximum absolute atomic E-state index is 12.6. The van der Waals surface area contributed by atoms with E-state index in [1.165, 1.54) is 12.3 Å². The van der Waals surface area contributed by atoms with Gasteiger partial charge in [-0.3, -0.25) is 0 Å². The summed E-state index contributed by atoms with van der Waals surface area (Å²) in [5.74, 6) is 5.85. The van der Waals surface area contributed by atoms with Crippen LogP contribution in [-0.4, -0.2) is 30.4 Å². The van der Waals surface area contributed by atoms with Crippen LogP contribution in [0.25, 0.3) is 0 Å². The van der Waals surface area contributed by atoms with Crippen LogP contribution in [-0.2, 0) is 9.84 Å². The van der Waals surface area contributed by atoms with Crippen molar-refractivity contribution in [2.45, 2.75) is 31.3 Å². The molecule has 0 radical (unpaired) electrons. The number of hydrogen-bond acceptors (Lipinski definition) is 5. The third-order valence-electron chi connectivity index (χ3n) is 4.05. The smallest absolute Gasteiger partial charge is 0.197 e. The van der Waals surface area contributed by atoms with Crippen molar-refractivity contribution in [1.29, 1.82) is 0 Å². The summed E-state index contributed by atoms with van der Waals surface area (Å²) in [4.78, 5) is 3.95. The van der Waals surface area contributed by atoms with E-state index in [4.69, 9.17) is 0 Å². The number of halogens is 1. The number of benzene rings is 1. The predicted molar refractivity (Wildman–Crippen MR) is 104 cm³/mol. The van der Waals surface area contributed by atoms with Crippen molar-refractivity contribution in [2.24, 2.45) is 5.41 Å². The highest BCUT2D eigenvalue weighted by Crippen LogP contribution is 2.27. The zero-order valence-corrected chi connectivity index (χ0v) is 17.0. The monoisotopic (exact) mass is 436 g/mol. The van der Waals surface area contributed by atoms with Crippen LogP contribution in [0.15, 0.2) is 58.2 Å². The molecule has 7 heteroatoms. The molecule has 2 aromatic rings. The maximum atomic E-state index is 12.6. The lowest BCUT2D eigenvalue weighted by Crippen LogP contribution is -2.45.